The molecule has 0 saturated heterocycles. The third kappa shape index (κ3) is 3.06. The maximum atomic E-state index is 12.4. The highest BCUT2D eigenvalue weighted by Gasteiger charge is 2.56. The Morgan fingerprint density at radius 1 is 1.10 bits per heavy atom. The maximum Gasteiger partial charge on any atom is 0.271 e. The summed E-state index contributed by atoms with van der Waals surface area (Å²) >= 11 is 0. The summed E-state index contributed by atoms with van der Waals surface area (Å²) in [6, 6.07) is 16.1. The van der Waals surface area contributed by atoms with E-state index in [2.05, 4.69) is 5.10 Å². The SMILES string of the molecule is CC1(C)Oc2ccc(C(N)=O)cc2C(c2ccc(=O)n(-c3ccccc3)n2)C1(O)O. The van der Waals surface area contributed by atoms with Crippen LogP contribution in [0.1, 0.15) is 41.4 Å². The van der Waals surface area contributed by atoms with Gasteiger partial charge in [-0.3, -0.25) is 9.59 Å². The molecule has 8 heteroatoms. The summed E-state index contributed by atoms with van der Waals surface area (Å²) in [7, 11) is 0. The molecule has 154 valence electrons. The maximum absolute atomic E-state index is 12.4. The average molecular weight is 407 g/mol. The second kappa shape index (κ2) is 6.79. The van der Waals surface area contributed by atoms with Gasteiger partial charge in [-0.25, -0.2) is 0 Å². The lowest BCUT2D eigenvalue weighted by Crippen LogP contribution is -2.60. The van der Waals surface area contributed by atoms with E-state index in [4.69, 9.17) is 10.5 Å². The van der Waals surface area contributed by atoms with Crippen molar-refractivity contribution in [3.63, 3.8) is 0 Å². The molecule has 0 spiro atoms. The third-order valence-corrected chi connectivity index (χ3v) is 5.38. The van der Waals surface area contributed by atoms with Crippen molar-refractivity contribution in [1.29, 1.82) is 0 Å². The first-order chi connectivity index (χ1) is 14.1. The molecular formula is C22H21N3O5. The van der Waals surface area contributed by atoms with Crippen molar-refractivity contribution >= 4 is 5.91 Å². The van der Waals surface area contributed by atoms with E-state index in [0.717, 1.165) is 0 Å². The smallest absolute Gasteiger partial charge is 0.271 e. The Kier molecular flexibility index (Phi) is 4.48. The van der Waals surface area contributed by atoms with Gasteiger partial charge >= 0.3 is 0 Å². The lowest BCUT2D eigenvalue weighted by molar-refractivity contribution is -0.269. The first kappa shape index (κ1) is 19.8. The van der Waals surface area contributed by atoms with E-state index >= 15 is 0 Å². The molecule has 3 aromatic rings. The highest BCUT2D eigenvalue weighted by molar-refractivity contribution is 5.93. The Morgan fingerprint density at radius 3 is 2.47 bits per heavy atom. The predicted octanol–water partition coefficient (Wildman–Crippen LogP) is 1.32. The van der Waals surface area contributed by atoms with Crippen LogP contribution in [0, 0.1) is 0 Å². The summed E-state index contributed by atoms with van der Waals surface area (Å²) in [5.41, 5.74) is 4.91. The summed E-state index contributed by atoms with van der Waals surface area (Å²) in [5.74, 6) is -3.80. The number of primary amides is 1. The van der Waals surface area contributed by atoms with Crippen LogP contribution < -0.4 is 16.0 Å². The van der Waals surface area contributed by atoms with E-state index in [1.165, 1.54) is 42.8 Å². The number of nitrogens with zero attached hydrogens (tertiary/aromatic N) is 2. The zero-order valence-electron chi connectivity index (χ0n) is 16.4. The van der Waals surface area contributed by atoms with Crippen LogP contribution in [0.15, 0.2) is 65.5 Å². The number of para-hydroxylation sites is 1. The fourth-order valence-corrected chi connectivity index (χ4v) is 3.63. The summed E-state index contributed by atoms with van der Waals surface area (Å²) in [6.07, 6.45) is 0. The van der Waals surface area contributed by atoms with Gasteiger partial charge in [0, 0.05) is 17.2 Å². The molecule has 1 aliphatic rings. The van der Waals surface area contributed by atoms with E-state index < -0.39 is 23.2 Å². The second-order valence-corrected chi connectivity index (χ2v) is 7.73. The van der Waals surface area contributed by atoms with Crippen LogP contribution in [0.4, 0.5) is 0 Å². The van der Waals surface area contributed by atoms with Gasteiger partial charge in [-0.05, 0) is 50.2 Å². The number of carbonyl (C=O) groups is 1. The zero-order valence-corrected chi connectivity index (χ0v) is 16.4. The van der Waals surface area contributed by atoms with Gasteiger partial charge in [0.1, 0.15) is 5.75 Å². The molecule has 1 aromatic heterocycles. The average Bonchev–Trinajstić information content (AvgIpc) is 2.70. The number of fused-ring (bicyclic) bond motifs is 1. The Balaban J connectivity index is 1.96. The monoisotopic (exact) mass is 407 g/mol. The molecule has 8 nitrogen and oxygen atoms in total. The molecule has 1 aliphatic heterocycles. The van der Waals surface area contributed by atoms with Crippen molar-refractivity contribution in [3.05, 3.63) is 87.8 Å². The highest BCUT2D eigenvalue weighted by Crippen LogP contribution is 2.49. The normalized spacial score (nSPS) is 18.9. The second-order valence-electron chi connectivity index (χ2n) is 7.73. The van der Waals surface area contributed by atoms with Crippen LogP contribution in [0.3, 0.4) is 0 Å². The van der Waals surface area contributed by atoms with Gasteiger partial charge < -0.3 is 20.7 Å². The Labute approximate surface area is 172 Å². The first-order valence-electron chi connectivity index (χ1n) is 9.35. The molecule has 30 heavy (non-hydrogen) atoms. The lowest BCUT2D eigenvalue weighted by atomic mass is 9.76. The van der Waals surface area contributed by atoms with Crippen molar-refractivity contribution < 1.29 is 19.7 Å². The minimum Gasteiger partial charge on any atom is -0.482 e. The van der Waals surface area contributed by atoms with Gasteiger partial charge in [-0.15, -0.1) is 0 Å². The van der Waals surface area contributed by atoms with Crippen molar-refractivity contribution in [2.45, 2.75) is 31.2 Å². The number of hydrogen-bond acceptors (Lipinski definition) is 6. The molecule has 1 amide bonds. The number of ether oxygens (including phenoxy) is 1. The van der Waals surface area contributed by atoms with Crippen LogP contribution in [-0.4, -0.2) is 37.3 Å². The number of hydrogen-bond donors (Lipinski definition) is 3. The van der Waals surface area contributed by atoms with E-state index in [1.54, 1.807) is 30.3 Å². The molecule has 0 fully saturated rings. The predicted molar refractivity (Wildman–Crippen MR) is 109 cm³/mol. The fraction of sp³-hybridized carbons (Fsp3) is 0.227. The quantitative estimate of drug-likeness (QED) is 0.562. The number of aliphatic hydroxyl groups is 2. The van der Waals surface area contributed by atoms with E-state index in [9.17, 15) is 19.8 Å². The molecular weight excluding hydrogens is 386 g/mol. The molecule has 0 aliphatic carbocycles. The van der Waals surface area contributed by atoms with Crippen molar-refractivity contribution in [3.8, 4) is 11.4 Å². The van der Waals surface area contributed by atoms with Crippen LogP contribution in [0.5, 0.6) is 5.75 Å². The first-order valence-corrected chi connectivity index (χ1v) is 9.35. The van der Waals surface area contributed by atoms with Gasteiger partial charge in [0.15, 0.2) is 5.60 Å². The van der Waals surface area contributed by atoms with E-state index in [-0.39, 0.29) is 16.8 Å². The number of aromatic nitrogens is 2. The summed E-state index contributed by atoms with van der Waals surface area (Å²) in [4.78, 5) is 24.1. The summed E-state index contributed by atoms with van der Waals surface area (Å²) in [6.45, 7) is 3.08. The van der Waals surface area contributed by atoms with Crippen LogP contribution in [-0.2, 0) is 0 Å². The summed E-state index contributed by atoms with van der Waals surface area (Å²) in [5, 5.41) is 26.6. The molecule has 2 aromatic carbocycles. The Bertz CT molecular complexity index is 1180. The minimum atomic E-state index is -2.40. The molecule has 0 saturated carbocycles. The highest BCUT2D eigenvalue weighted by atomic mass is 16.6. The molecule has 4 rings (SSSR count). The standard InChI is InChI=1S/C22H21N3O5/c1-21(2)22(28,29)19(15-12-13(20(23)27)8-10-17(15)30-21)16-9-11-18(26)25(24-16)14-6-4-3-5-7-14/h3-12,19,28-29H,1-2H3,(H2,23,27). The Hall–Kier alpha value is -3.49. The number of carbonyl (C=O) groups excluding carboxylic acids is 1. The topological polar surface area (TPSA) is 128 Å². The summed E-state index contributed by atoms with van der Waals surface area (Å²) < 4.78 is 7.00. The third-order valence-electron chi connectivity index (χ3n) is 5.38. The van der Waals surface area contributed by atoms with Gasteiger partial charge in [0.25, 0.3) is 5.56 Å². The van der Waals surface area contributed by atoms with Gasteiger partial charge in [-0.1, -0.05) is 18.2 Å². The van der Waals surface area contributed by atoms with Crippen LogP contribution in [0.2, 0.25) is 0 Å². The van der Waals surface area contributed by atoms with Gasteiger partial charge in [-0.2, -0.15) is 9.78 Å². The van der Waals surface area contributed by atoms with Gasteiger partial charge in [0.05, 0.1) is 17.3 Å². The van der Waals surface area contributed by atoms with Crippen molar-refractivity contribution in [1.82, 2.24) is 9.78 Å². The minimum absolute atomic E-state index is 0.189. The zero-order chi connectivity index (χ0) is 21.7. The van der Waals surface area contributed by atoms with E-state index in [1.807, 2.05) is 6.07 Å². The molecule has 1 atom stereocenters. The largest absolute Gasteiger partial charge is 0.482 e. The van der Waals surface area contributed by atoms with Gasteiger partial charge in [0.2, 0.25) is 11.7 Å². The molecule has 0 radical (unpaired) electrons. The fourth-order valence-electron chi connectivity index (χ4n) is 3.63. The molecule has 4 N–H and O–H groups in total. The number of amides is 1. The van der Waals surface area contributed by atoms with Crippen molar-refractivity contribution in [2.75, 3.05) is 0 Å². The van der Waals surface area contributed by atoms with Crippen molar-refractivity contribution in [2.24, 2.45) is 5.73 Å². The number of nitrogens with two attached hydrogens (primary N) is 1. The Morgan fingerprint density at radius 2 is 1.80 bits per heavy atom. The van der Waals surface area contributed by atoms with E-state index in [0.29, 0.717) is 17.0 Å². The number of rotatable bonds is 3. The lowest BCUT2D eigenvalue weighted by Gasteiger charge is -2.47. The molecule has 2 heterocycles. The van der Waals surface area contributed by atoms with Crippen LogP contribution in [0.25, 0.3) is 5.69 Å². The van der Waals surface area contributed by atoms with Crippen LogP contribution >= 0.6 is 0 Å². The molecule has 0 bridgehead atoms. The number of benzene rings is 2. The molecule has 1 unspecified atom stereocenters.